The number of para-hydroxylation sites is 1. The molecule has 0 saturated heterocycles. The van der Waals surface area contributed by atoms with Crippen LogP contribution in [-0.4, -0.2) is 23.7 Å². The van der Waals surface area contributed by atoms with Gasteiger partial charge in [-0.3, -0.25) is 9.59 Å². The zero-order chi connectivity index (χ0) is 19.8. The van der Waals surface area contributed by atoms with Crippen LogP contribution in [0.2, 0.25) is 0 Å². The van der Waals surface area contributed by atoms with Crippen molar-refractivity contribution in [1.29, 1.82) is 0 Å². The Kier molecular flexibility index (Phi) is 7.92. The smallest absolute Gasteiger partial charge is 0.317 e. The van der Waals surface area contributed by atoms with Crippen molar-refractivity contribution in [2.45, 2.75) is 51.0 Å². The Labute approximate surface area is 165 Å². The Balaban J connectivity index is 1.90. The van der Waals surface area contributed by atoms with E-state index in [2.05, 4.69) is 19.2 Å². The molecule has 0 aliphatic carbocycles. The molecule has 144 valence electrons. The van der Waals surface area contributed by atoms with Gasteiger partial charge in [0.2, 0.25) is 0 Å². The minimum Gasteiger partial charge on any atom is -0.452 e. The molecule has 0 radical (unpaired) electrons. The summed E-state index contributed by atoms with van der Waals surface area (Å²) in [5, 5.41) is 2.89. The van der Waals surface area contributed by atoms with Crippen molar-refractivity contribution in [1.82, 2.24) is 0 Å². The number of aryl methyl sites for hydroxylation is 1. The zero-order valence-electron chi connectivity index (χ0n) is 16.3. The molecule has 2 aromatic rings. The van der Waals surface area contributed by atoms with E-state index < -0.39 is 12.1 Å². The molecule has 0 fully saturated rings. The number of carbonyl (C=O) groups excluding carboxylic acids is 2. The maximum Gasteiger partial charge on any atom is 0.317 e. The van der Waals surface area contributed by atoms with Gasteiger partial charge in [0, 0.05) is 10.6 Å². The van der Waals surface area contributed by atoms with E-state index in [1.165, 1.54) is 11.8 Å². The molecule has 2 aromatic carbocycles. The number of nitrogens with one attached hydrogen (secondary N) is 1. The van der Waals surface area contributed by atoms with Crippen LogP contribution in [0.5, 0.6) is 0 Å². The van der Waals surface area contributed by atoms with E-state index in [9.17, 15) is 9.59 Å². The third-order valence-corrected chi connectivity index (χ3v) is 5.63. The highest BCUT2D eigenvalue weighted by Gasteiger charge is 2.20. The Morgan fingerprint density at radius 1 is 1.07 bits per heavy atom. The Hall–Kier alpha value is -2.27. The van der Waals surface area contributed by atoms with Crippen molar-refractivity contribution >= 4 is 29.3 Å². The van der Waals surface area contributed by atoms with E-state index in [-0.39, 0.29) is 11.7 Å². The van der Waals surface area contributed by atoms with Gasteiger partial charge in [-0.1, -0.05) is 50.2 Å². The van der Waals surface area contributed by atoms with Crippen LogP contribution in [0.3, 0.4) is 0 Å². The van der Waals surface area contributed by atoms with Crippen molar-refractivity contribution in [2.24, 2.45) is 0 Å². The van der Waals surface area contributed by atoms with Crippen molar-refractivity contribution < 1.29 is 14.3 Å². The van der Waals surface area contributed by atoms with Gasteiger partial charge in [-0.15, -0.1) is 11.8 Å². The standard InChI is InChI=1S/C22H27NO3S/c1-5-15(2)18-11-7-8-12-19(18)23-22(25)17(4)26-21(24)14-27-20-13-9-6-10-16(20)3/h6-13,15,17H,5,14H2,1-4H3,(H,23,25)/t15-,17+/m0/s1. The molecule has 0 heterocycles. The van der Waals surface area contributed by atoms with Gasteiger partial charge in [0.15, 0.2) is 6.10 Å². The minimum atomic E-state index is -0.847. The number of carbonyl (C=O) groups is 2. The van der Waals surface area contributed by atoms with Gasteiger partial charge in [0.25, 0.3) is 5.91 Å². The molecule has 2 rings (SSSR count). The third kappa shape index (κ3) is 6.14. The van der Waals surface area contributed by atoms with Gasteiger partial charge in [-0.05, 0) is 49.4 Å². The number of esters is 1. The SMILES string of the molecule is CC[C@H](C)c1ccccc1NC(=O)[C@@H](C)OC(=O)CSc1ccccc1C. The van der Waals surface area contributed by atoms with E-state index in [1.54, 1.807) is 6.92 Å². The fourth-order valence-corrected chi connectivity index (χ4v) is 3.45. The van der Waals surface area contributed by atoms with E-state index >= 15 is 0 Å². The monoisotopic (exact) mass is 385 g/mol. The molecule has 5 heteroatoms. The summed E-state index contributed by atoms with van der Waals surface area (Å²) in [5.74, 6) is -0.211. The second-order valence-electron chi connectivity index (χ2n) is 6.57. The normalized spacial score (nSPS) is 12.9. The molecular weight excluding hydrogens is 358 g/mol. The van der Waals surface area contributed by atoms with Crippen LogP contribution in [0, 0.1) is 6.92 Å². The van der Waals surface area contributed by atoms with Gasteiger partial charge >= 0.3 is 5.97 Å². The minimum absolute atomic E-state index is 0.173. The number of anilines is 1. The number of hydrogen-bond donors (Lipinski definition) is 1. The van der Waals surface area contributed by atoms with E-state index in [1.807, 2.05) is 55.5 Å². The number of benzene rings is 2. The summed E-state index contributed by atoms with van der Waals surface area (Å²) in [4.78, 5) is 25.6. The van der Waals surface area contributed by atoms with Crippen LogP contribution < -0.4 is 5.32 Å². The number of rotatable bonds is 8. The predicted octanol–water partition coefficient (Wildman–Crippen LogP) is 5.17. The van der Waals surface area contributed by atoms with E-state index in [4.69, 9.17) is 4.74 Å². The summed E-state index contributed by atoms with van der Waals surface area (Å²) in [6.07, 6.45) is 0.132. The molecular formula is C22H27NO3S. The highest BCUT2D eigenvalue weighted by atomic mass is 32.2. The number of hydrogen-bond acceptors (Lipinski definition) is 4. The number of ether oxygens (including phenoxy) is 1. The quantitative estimate of drug-likeness (QED) is 0.503. The van der Waals surface area contributed by atoms with Crippen molar-refractivity contribution in [3.05, 3.63) is 59.7 Å². The first kappa shape index (κ1) is 21.0. The van der Waals surface area contributed by atoms with Crippen LogP contribution in [0.1, 0.15) is 44.2 Å². The number of thioether (sulfide) groups is 1. The maximum absolute atomic E-state index is 12.4. The largest absolute Gasteiger partial charge is 0.452 e. The van der Waals surface area contributed by atoms with Gasteiger partial charge in [-0.2, -0.15) is 0 Å². The van der Waals surface area contributed by atoms with Crippen LogP contribution in [0.4, 0.5) is 5.69 Å². The number of amides is 1. The summed E-state index contributed by atoms with van der Waals surface area (Å²) >= 11 is 1.42. The fraction of sp³-hybridized carbons (Fsp3) is 0.364. The molecule has 0 aromatic heterocycles. The van der Waals surface area contributed by atoms with E-state index in [0.29, 0.717) is 5.92 Å². The summed E-state index contributed by atoms with van der Waals surface area (Å²) in [6.45, 7) is 7.83. The first-order valence-corrected chi connectivity index (χ1v) is 10.2. The average molecular weight is 386 g/mol. The van der Waals surface area contributed by atoms with Crippen LogP contribution in [0.25, 0.3) is 0 Å². The lowest BCUT2D eigenvalue weighted by Crippen LogP contribution is -2.31. The second-order valence-corrected chi connectivity index (χ2v) is 7.59. The molecule has 0 saturated carbocycles. The molecule has 0 unspecified atom stereocenters. The highest BCUT2D eigenvalue weighted by molar-refractivity contribution is 8.00. The van der Waals surface area contributed by atoms with Gasteiger partial charge < -0.3 is 10.1 Å². The van der Waals surface area contributed by atoms with Crippen LogP contribution >= 0.6 is 11.8 Å². The zero-order valence-corrected chi connectivity index (χ0v) is 17.1. The fourth-order valence-electron chi connectivity index (χ4n) is 2.63. The maximum atomic E-state index is 12.4. The highest BCUT2D eigenvalue weighted by Crippen LogP contribution is 2.27. The molecule has 0 aliphatic rings. The van der Waals surface area contributed by atoms with Crippen molar-refractivity contribution in [3.8, 4) is 0 Å². The second kappa shape index (κ2) is 10.2. The first-order valence-electron chi connectivity index (χ1n) is 9.20. The molecule has 1 amide bonds. The van der Waals surface area contributed by atoms with Gasteiger partial charge in [-0.25, -0.2) is 0 Å². The lowest BCUT2D eigenvalue weighted by atomic mass is 9.97. The first-order chi connectivity index (χ1) is 12.9. The average Bonchev–Trinajstić information content (AvgIpc) is 2.67. The Bertz CT molecular complexity index is 791. The predicted molar refractivity (Wildman–Crippen MR) is 111 cm³/mol. The molecule has 0 spiro atoms. The van der Waals surface area contributed by atoms with Crippen molar-refractivity contribution in [2.75, 3.05) is 11.1 Å². The lowest BCUT2D eigenvalue weighted by Gasteiger charge is -2.18. The summed E-state index contributed by atoms with van der Waals surface area (Å²) < 4.78 is 5.30. The summed E-state index contributed by atoms with van der Waals surface area (Å²) in [5.41, 5.74) is 2.97. The lowest BCUT2D eigenvalue weighted by molar-refractivity contribution is -0.150. The summed E-state index contributed by atoms with van der Waals surface area (Å²) in [7, 11) is 0. The van der Waals surface area contributed by atoms with Crippen molar-refractivity contribution in [3.63, 3.8) is 0 Å². The van der Waals surface area contributed by atoms with Crippen LogP contribution in [0.15, 0.2) is 53.4 Å². The van der Waals surface area contributed by atoms with E-state index in [0.717, 1.165) is 28.1 Å². The van der Waals surface area contributed by atoms with Gasteiger partial charge in [0.05, 0.1) is 5.75 Å². The van der Waals surface area contributed by atoms with Gasteiger partial charge in [0.1, 0.15) is 0 Å². The Morgan fingerprint density at radius 2 is 1.74 bits per heavy atom. The molecule has 27 heavy (non-hydrogen) atoms. The molecule has 2 atom stereocenters. The molecule has 4 nitrogen and oxygen atoms in total. The Morgan fingerprint density at radius 3 is 2.44 bits per heavy atom. The summed E-state index contributed by atoms with van der Waals surface area (Å²) in [6, 6.07) is 15.6. The molecule has 0 aliphatic heterocycles. The van der Waals surface area contributed by atoms with Crippen LogP contribution in [-0.2, 0) is 14.3 Å². The molecule has 1 N–H and O–H groups in total. The third-order valence-electron chi connectivity index (χ3n) is 4.48. The topological polar surface area (TPSA) is 55.4 Å². The molecule has 0 bridgehead atoms.